The fourth-order valence-electron chi connectivity index (χ4n) is 2.24. The number of aryl methyl sites for hydroxylation is 1. The van der Waals surface area contributed by atoms with Gasteiger partial charge in [-0.25, -0.2) is 0 Å². The number of hydrogen-bond donors (Lipinski definition) is 0. The molecule has 0 aliphatic carbocycles. The first-order valence-electron chi connectivity index (χ1n) is 6.63. The number of rotatable bonds is 4. The zero-order valence-corrected chi connectivity index (χ0v) is 13.1. The molecule has 2 heterocycles. The van der Waals surface area contributed by atoms with Crippen LogP contribution in [0.15, 0.2) is 66.0 Å². The third kappa shape index (κ3) is 3.02. The second-order valence-corrected chi connectivity index (χ2v) is 6.34. The molecule has 2 heteroatoms. The predicted octanol–water partition coefficient (Wildman–Crippen LogP) is 5.43. The summed E-state index contributed by atoms with van der Waals surface area (Å²) in [6.45, 7) is 14.8. The van der Waals surface area contributed by atoms with Gasteiger partial charge in [-0.1, -0.05) is 37.0 Å². The molecule has 0 N–H and O–H groups in total. The molecule has 0 fully saturated rings. The highest BCUT2D eigenvalue weighted by molar-refractivity contribution is 7.13. The molecule has 2 rings (SSSR count). The Morgan fingerprint density at radius 2 is 2.10 bits per heavy atom. The average molecular weight is 284 g/mol. The van der Waals surface area contributed by atoms with Crippen molar-refractivity contribution in [2.45, 2.75) is 20.8 Å². The molecule has 0 saturated heterocycles. The van der Waals surface area contributed by atoms with Crippen LogP contribution in [-0.4, -0.2) is 6.61 Å². The van der Waals surface area contributed by atoms with Gasteiger partial charge < -0.3 is 4.74 Å². The van der Waals surface area contributed by atoms with Gasteiger partial charge in [-0.3, -0.25) is 0 Å². The molecule has 1 aliphatic heterocycles. The van der Waals surface area contributed by atoms with E-state index in [1.165, 1.54) is 20.9 Å². The van der Waals surface area contributed by atoms with Crippen LogP contribution < -0.4 is 0 Å². The van der Waals surface area contributed by atoms with Crippen LogP contribution in [0.4, 0.5) is 0 Å². The summed E-state index contributed by atoms with van der Waals surface area (Å²) in [6, 6.07) is 4.30. The summed E-state index contributed by atoms with van der Waals surface area (Å²) in [5.74, 6) is 0.747. The molecule has 20 heavy (non-hydrogen) atoms. The maximum Gasteiger partial charge on any atom is 0.120 e. The summed E-state index contributed by atoms with van der Waals surface area (Å²) < 4.78 is 5.68. The van der Waals surface area contributed by atoms with Gasteiger partial charge in [0, 0.05) is 20.9 Å². The lowest BCUT2D eigenvalue weighted by Crippen LogP contribution is -1.90. The Hall–Kier alpha value is -1.80. The number of thiophene rings is 1. The standard InChI is InChI=1S/C18H20OS/c1-6-7-15(10-12(2)3)18-14(5)19-11-16(18)17-9-8-13(4)20-17/h6-10H,1,5,11H2,2-4H3/b15-7+. The SMILES string of the molecule is C=C/C=C(\C=C(C)C)C1=C(c2ccc(C)s2)COC1=C. The van der Waals surface area contributed by atoms with E-state index >= 15 is 0 Å². The molecule has 0 amide bonds. The minimum absolute atomic E-state index is 0.596. The Morgan fingerprint density at radius 1 is 1.35 bits per heavy atom. The zero-order chi connectivity index (χ0) is 14.7. The van der Waals surface area contributed by atoms with E-state index in [9.17, 15) is 0 Å². The molecule has 0 atom stereocenters. The van der Waals surface area contributed by atoms with Crippen molar-refractivity contribution < 1.29 is 4.74 Å². The smallest absolute Gasteiger partial charge is 0.120 e. The van der Waals surface area contributed by atoms with E-state index in [1.807, 2.05) is 12.2 Å². The van der Waals surface area contributed by atoms with E-state index in [0.29, 0.717) is 6.61 Å². The molecule has 104 valence electrons. The topological polar surface area (TPSA) is 9.23 Å². The van der Waals surface area contributed by atoms with Gasteiger partial charge in [-0.2, -0.15) is 0 Å². The molecule has 0 saturated carbocycles. The highest BCUT2D eigenvalue weighted by atomic mass is 32.1. The van der Waals surface area contributed by atoms with Gasteiger partial charge in [0.05, 0.1) is 0 Å². The molecule has 0 bridgehead atoms. The third-order valence-electron chi connectivity index (χ3n) is 3.04. The van der Waals surface area contributed by atoms with Crippen LogP contribution in [0.5, 0.6) is 0 Å². The van der Waals surface area contributed by atoms with Crippen molar-refractivity contribution in [3.05, 3.63) is 75.8 Å². The minimum atomic E-state index is 0.596. The van der Waals surface area contributed by atoms with E-state index in [1.54, 1.807) is 11.3 Å². The predicted molar refractivity (Wildman–Crippen MR) is 88.8 cm³/mol. The van der Waals surface area contributed by atoms with E-state index in [0.717, 1.165) is 16.9 Å². The molecule has 1 aromatic heterocycles. The van der Waals surface area contributed by atoms with Gasteiger partial charge in [0.25, 0.3) is 0 Å². The van der Waals surface area contributed by atoms with Crippen molar-refractivity contribution in [1.82, 2.24) is 0 Å². The number of hydrogen-bond acceptors (Lipinski definition) is 2. The van der Waals surface area contributed by atoms with Crippen molar-refractivity contribution in [1.29, 1.82) is 0 Å². The van der Waals surface area contributed by atoms with Gasteiger partial charge in [-0.15, -0.1) is 11.3 Å². The molecule has 0 unspecified atom stereocenters. The Kier molecular flexibility index (Phi) is 4.46. The average Bonchev–Trinajstić information content (AvgIpc) is 2.94. The summed E-state index contributed by atoms with van der Waals surface area (Å²) in [4.78, 5) is 2.56. The zero-order valence-electron chi connectivity index (χ0n) is 12.3. The summed E-state index contributed by atoms with van der Waals surface area (Å²) in [5, 5.41) is 0. The first kappa shape index (κ1) is 14.6. The second kappa shape index (κ2) is 6.10. The minimum Gasteiger partial charge on any atom is -0.489 e. The van der Waals surface area contributed by atoms with E-state index in [4.69, 9.17) is 4.74 Å². The highest BCUT2D eigenvalue weighted by Gasteiger charge is 2.23. The molecule has 1 aliphatic rings. The molecule has 1 nitrogen and oxygen atoms in total. The van der Waals surface area contributed by atoms with Crippen LogP contribution in [-0.2, 0) is 4.74 Å². The van der Waals surface area contributed by atoms with Crippen LogP contribution in [0.25, 0.3) is 5.57 Å². The van der Waals surface area contributed by atoms with Crippen LogP contribution in [0, 0.1) is 6.92 Å². The Morgan fingerprint density at radius 3 is 2.65 bits per heavy atom. The summed E-state index contributed by atoms with van der Waals surface area (Å²) in [7, 11) is 0. The maximum atomic E-state index is 5.68. The first-order chi connectivity index (χ1) is 9.52. The van der Waals surface area contributed by atoms with Crippen molar-refractivity contribution in [2.24, 2.45) is 0 Å². The van der Waals surface area contributed by atoms with Crippen LogP contribution in [0.1, 0.15) is 23.6 Å². The summed E-state index contributed by atoms with van der Waals surface area (Å²) >= 11 is 1.79. The van der Waals surface area contributed by atoms with Gasteiger partial charge in [-0.05, 0) is 38.5 Å². The monoisotopic (exact) mass is 284 g/mol. The number of ether oxygens (including phenoxy) is 1. The summed E-state index contributed by atoms with van der Waals surface area (Å²) in [6.07, 6.45) is 5.98. The second-order valence-electron chi connectivity index (χ2n) is 5.06. The highest BCUT2D eigenvalue weighted by Crippen LogP contribution is 2.38. The fourth-order valence-corrected chi connectivity index (χ4v) is 3.14. The van der Waals surface area contributed by atoms with Gasteiger partial charge in [0.15, 0.2) is 0 Å². The normalized spacial score (nSPS) is 15.3. The van der Waals surface area contributed by atoms with E-state index in [2.05, 4.69) is 52.1 Å². The van der Waals surface area contributed by atoms with Crippen molar-refractivity contribution >= 4 is 16.9 Å². The largest absolute Gasteiger partial charge is 0.489 e. The quantitative estimate of drug-likeness (QED) is 0.670. The fraction of sp³-hybridized carbons (Fsp3) is 0.222. The molecule has 0 spiro atoms. The lowest BCUT2D eigenvalue weighted by molar-refractivity contribution is 0.282. The Labute approximate surface area is 125 Å². The first-order valence-corrected chi connectivity index (χ1v) is 7.44. The van der Waals surface area contributed by atoms with E-state index in [-0.39, 0.29) is 0 Å². The van der Waals surface area contributed by atoms with Crippen LogP contribution in [0.2, 0.25) is 0 Å². The van der Waals surface area contributed by atoms with E-state index < -0.39 is 0 Å². The Bertz CT molecular complexity index is 634. The van der Waals surface area contributed by atoms with Gasteiger partial charge >= 0.3 is 0 Å². The molecule has 1 aromatic rings. The third-order valence-corrected chi connectivity index (χ3v) is 4.10. The van der Waals surface area contributed by atoms with Crippen molar-refractivity contribution in [2.75, 3.05) is 6.61 Å². The molecule has 0 radical (unpaired) electrons. The molecular formula is C18H20OS. The van der Waals surface area contributed by atoms with Gasteiger partial charge in [0.2, 0.25) is 0 Å². The lowest BCUT2D eigenvalue weighted by Gasteiger charge is -2.07. The molecular weight excluding hydrogens is 264 g/mol. The summed E-state index contributed by atoms with van der Waals surface area (Å²) in [5.41, 5.74) is 4.68. The molecule has 0 aromatic carbocycles. The van der Waals surface area contributed by atoms with Crippen molar-refractivity contribution in [3.8, 4) is 0 Å². The Balaban J connectivity index is 2.58. The van der Waals surface area contributed by atoms with Crippen molar-refractivity contribution in [3.63, 3.8) is 0 Å². The lowest BCUT2D eigenvalue weighted by atomic mass is 9.97. The number of allylic oxidation sites excluding steroid dienone is 5. The van der Waals surface area contributed by atoms with Crippen LogP contribution in [0.3, 0.4) is 0 Å². The maximum absolute atomic E-state index is 5.68. The van der Waals surface area contributed by atoms with Gasteiger partial charge in [0.1, 0.15) is 12.4 Å². The van der Waals surface area contributed by atoms with Crippen LogP contribution >= 0.6 is 11.3 Å².